The molecule has 100 valence electrons. The van der Waals surface area contributed by atoms with Crippen molar-refractivity contribution in [1.82, 2.24) is 19.7 Å². The maximum absolute atomic E-state index is 10.9. The van der Waals surface area contributed by atoms with Gasteiger partial charge in [0.25, 0.3) is 0 Å². The Kier molecular flexibility index (Phi) is 4.51. The highest BCUT2D eigenvalue weighted by molar-refractivity contribution is 7.98. The van der Waals surface area contributed by atoms with Gasteiger partial charge in [-0.2, -0.15) is 5.10 Å². The fourth-order valence-electron chi connectivity index (χ4n) is 1.59. The first-order valence-corrected chi connectivity index (χ1v) is 6.92. The van der Waals surface area contributed by atoms with Crippen LogP contribution in [0.2, 0.25) is 0 Å². The van der Waals surface area contributed by atoms with Gasteiger partial charge >= 0.3 is 0 Å². The van der Waals surface area contributed by atoms with Gasteiger partial charge in [0.15, 0.2) is 5.82 Å². The summed E-state index contributed by atoms with van der Waals surface area (Å²) in [5, 5.41) is 5.19. The molecule has 7 heteroatoms. The van der Waals surface area contributed by atoms with E-state index in [9.17, 15) is 4.79 Å². The lowest BCUT2D eigenvalue weighted by molar-refractivity contribution is -0.117. The van der Waals surface area contributed by atoms with E-state index in [1.165, 1.54) is 0 Å². The molecule has 2 N–H and O–H groups in total. The average molecular weight is 277 g/mol. The van der Waals surface area contributed by atoms with Crippen molar-refractivity contribution in [3.8, 4) is 0 Å². The highest BCUT2D eigenvalue weighted by atomic mass is 32.2. The zero-order valence-electron chi connectivity index (χ0n) is 10.6. The zero-order valence-corrected chi connectivity index (χ0v) is 11.4. The minimum absolute atomic E-state index is 0.0776. The van der Waals surface area contributed by atoms with E-state index in [0.29, 0.717) is 18.1 Å². The molecule has 0 saturated heterocycles. The lowest BCUT2D eigenvalue weighted by Gasteiger charge is -2.01. The van der Waals surface area contributed by atoms with Crippen LogP contribution in [0.15, 0.2) is 29.4 Å². The topological polar surface area (TPSA) is 86.7 Å². The van der Waals surface area contributed by atoms with Gasteiger partial charge in [-0.1, -0.05) is 17.8 Å². The fraction of sp³-hybridized carbons (Fsp3) is 0.333. The summed E-state index contributed by atoms with van der Waals surface area (Å²) in [4.78, 5) is 19.4. The summed E-state index contributed by atoms with van der Waals surface area (Å²) in [6.45, 7) is 2.70. The van der Waals surface area contributed by atoms with Crippen LogP contribution >= 0.6 is 11.8 Å². The molecule has 0 bridgehead atoms. The lowest BCUT2D eigenvalue weighted by Crippen LogP contribution is -2.14. The molecular weight excluding hydrogens is 262 g/mol. The van der Waals surface area contributed by atoms with Crippen LogP contribution in [0.25, 0.3) is 0 Å². The van der Waals surface area contributed by atoms with E-state index in [4.69, 9.17) is 5.73 Å². The number of thioether (sulfide) groups is 1. The average Bonchev–Trinajstić information content (AvgIpc) is 2.79. The number of carbonyl (C=O) groups is 1. The maximum Gasteiger partial charge on any atom is 0.225 e. The molecule has 0 unspecified atom stereocenters. The number of amides is 1. The minimum atomic E-state index is -0.419. The van der Waals surface area contributed by atoms with E-state index in [1.54, 1.807) is 22.6 Å². The summed E-state index contributed by atoms with van der Waals surface area (Å²) in [5.74, 6) is 1.55. The monoisotopic (exact) mass is 277 g/mol. The molecule has 0 saturated carbocycles. The number of pyridine rings is 1. The van der Waals surface area contributed by atoms with Crippen LogP contribution in [0, 0.1) is 0 Å². The highest BCUT2D eigenvalue weighted by Crippen LogP contribution is 2.19. The molecular formula is C12H15N5OS. The lowest BCUT2D eigenvalue weighted by atomic mass is 10.4. The molecule has 0 aliphatic heterocycles. The van der Waals surface area contributed by atoms with Gasteiger partial charge in [-0.05, 0) is 19.1 Å². The molecule has 2 rings (SSSR count). The number of primary amides is 1. The van der Waals surface area contributed by atoms with Crippen molar-refractivity contribution >= 4 is 17.7 Å². The van der Waals surface area contributed by atoms with E-state index in [-0.39, 0.29) is 6.42 Å². The third-order valence-electron chi connectivity index (χ3n) is 2.41. The third kappa shape index (κ3) is 3.78. The molecule has 0 aromatic carbocycles. The SMILES string of the molecule is CCn1nc(CC(N)=O)nc1CSc1ccccn1. The van der Waals surface area contributed by atoms with Crippen molar-refractivity contribution in [3.05, 3.63) is 36.0 Å². The molecule has 1 amide bonds. The third-order valence-corrected chi connectivity index (χ3v) is 3.35. The maximum atomic E-state index is 10.9. The van der Waals surface area contributed by atoms with Crippen LogP contribution in [0.3, 0.4) is 0 Å². The van der Waals surface area contributed by atoms with Crippen LogP contribution in [0.5, 0.6) is 0 Å². The van der Waals surface area contributed by atoms with E-state index in [1.807, 2.05) is 25.1 Å². The predicted octanol–water partition coefficient (Wildman–Crippen LogP) is 1.01. The van der Waals surface area contributed by atoms with Gasteiger partial charge < -0.3 is 5.73 Å². The molecule has 0 atom stereocenters. The Balaban J connectivity index is 2.06. The summed E-state index contributed by atoms with van der Waals surface area (Å²) < 4.78 is 1.79. The molecule has 0 aliphatic carbocycles. The Hall–Kier alpha value is -1.89. The highest BCUT2D eigenvalue weighted by Gasteiger charge is 2.11. The predicted molar refractivity (Wildman–Crippen MR) is 72.4 cm³/mol. The van der Waals surface area contributed by atoms with Crippen LogP contribution in [0.1, 0.15) is 18.6 Å². The minimum Gasteiger partial charge on any atom is -0.369 e. The van der Waals surface area contributed by atoms with E-state index < -0.39 is 5.91 Å². The summed E-state index contributed by atoms with van der Waals surface area (Å²) in [6, 6.07) is 5.77. The second-order valence-electron chi connectivity index (χ2n) is 3.86. The first-order valence-electron chi connectivity index (χ1n) is 5.93. The molecule has 2 aromatic heterocycles. The zero-order chi connectivity index (χ0) is 13.7. The molecule has 0 radical (unpaired) electrons. The summed E-state index contributed by atoms with van der Waals surface area (Å²) >= 11 is 1.58. The molecule has 0 aliphatic rings. The number of aromatic nitrogens is 4. The molecule has 2 aromatic rings. The van der Waals surface area contributed by atoms with Crippen molar-refractivity contribution in [1.29, 1.82) is 0 Å². The van der Waals surface area contributed by atoms with Crippen LogP contribution < -0.4 is 5.73 Å². The Morgan fingerprint density at radius 3 is 2.95 bits per heavy atom. The summed E-state index contributed by atoms with van der Waals surface area (Å²) in [5.41, 5.74) is 5.15. The Bertz CT molecular complexity index is 555. The van der Waals surface area contributed by atoms with E-state index in [0.717, 1.165) is 10.9 Å². The van der Waals surface area contributed by atoms with Crippen LogP contribution in [-0.4, -0.2) is 25.7 Å². The quantitative estimate of drug-likeness (QED) is 0.796. The number of nitrogens with two attached hydrogens (primary N) is 1. The number of rotatable bonds is 6. The number of aryl methyl sites for hydroxylation is 1. The Labute approximate surface area is 115 Å². The van der Waals surface area contributed by atoms with Gasteiger partial charge in [-0.3, -0.25) is 4.79 Å². The summed E-state index contributed by atoms with van der Waals surface area (Å²) in [7, 11) is 0. The molecule has 0 fully saturated rings. The first kappa shape index (κ1) is 13.5. The molecule has 6 nitrogen and oxygen atoms in total. The van der Waals surface area contributed by atoms with Gasteiger partial charge in [0.2, 0.25) is 5.91 Å². The second-order valence-corrected chi connectivity index (χ2v) is 4.86. The molecule has 0 spiro atoms. The van der Waals surface area contributed by atoms with Gasteiger partial charge in [0.1, 0.15) is 5.82 Å². The van der Waals surface area contributed by atoms with E-state index in [2.05, 4.69) is 15.1 Å². The smallest absolute Gasteiger partial charge is 0.225 e. The fourth-order valence-corrected chi connectivity index (χ4v) is 2.39. The van der Waals surface area contributed by atoms with E-state index >= 15 is 0 Å². The van der Waals surface area contributed by atoms with Gasteiger partial charge in [0, 0.05) is 12.7 Å². The van der Waals surface area contributed by atoms with Crippen molar-refractivity contribution in [2.75, 3.05) is 0 Å². The van der Waals surface area contributed by atoms with Gasteiger partial charge in [-0.25, -0.2) is 14.6 Å². The first-order chi connectivity index (χ1) is 9.19. The Morgan fingerprint density at radius 1 is 1.47 bits per heavy atom. The van der Waals surface area contributed by atoms with Crippen LogP contribution in [-0.2, 0) is 23.5 Å². The van der Waals surface area contributed by atoms with Gasteiger partial charge in [0.05, 0.1) is 17.2 Å². The van der Waals surface area contributed by atoms with Crippen molar-refractivity contribution < 1.29 is 4.79 Å². The normalized spacial score (nSPS) is 10.6. The number of hydrogen-bond acceptors (Lipinski definition) is 5. The molecule has 2 heterocycles. The van der Waals surface area contributed by atoms with Crippen LogP contribution in [0.4, 0.5) is 0 Å². The Morgan fingerprint density at radius 2 is 2.32 bits per heavy atom. The van der Waals surface area contributed by atoms with Crippen molar-refractivity contribution in [2.45, 2.75) is 30.7 Å². The standard InChI is InChI=1S/C12H15N5OS/c1-2-17-11(15-10(16-17)7-9(13)18)8-19-12-5-3-4-6-14-12/h3-6H,2,7-8H2,1H3,(H2,13,18). The largest absolute Gasteiger partial charge is 0.369 e. The summed E-state index contributed by atoms with van der Waals surface area (Å²) in [6.07, 6.45) is 1.83. The molecule has 19 heavy (non-hydrogen) atoms. The number of carbonyl (C=O) groups excluding carboxylic acids is 1. The number of nitrogens with zero attached hydrogens (tertiary/aromatic N) is 4. The second kappa shape index (κ2) is 6.33. The van der Waals surface area contributed by atoms with Crippen molar-refractivity contribution in [2.24, 2.45) is 5.73 Å². The van der Waals surface area contributed by atoms with Crippen molar-refractivity contribution in [3.63, 3.8) is 0 Å². The number of hydrogen-bond donors (Lipinski definition) is 1. The van der Waals surface area contributed by atoms with Gasteiger partial charge in [-0.15, -0.1) is 0 Å².